The van der Waals surface area contributed by atoms with E-state index in [0.717, 1.165) is 26.1 Å². The monoisotopic (exact) mass is 323 g/mol. The molecule has 3 nitrogen and oxygen atoms in total. The van der Waals surface area contributed by atoms with Crippen LogP contribution < -0.4 is 5.73 Å². The molecule has 0 fully saturated rings. The van der Waals surface area contributed by atoms with Gasteiger partial charge >= 0.3 is 0 Å². The fourth-order valence-electron chi connectivity index (χ4n) is 2.33. The minimum Gasteiger partial charge on any atom is -0.375 e. The topological polar surface area (TPSA) is 42.1 Å². The highest BCUT2D eigenvalue weighted by Gasteiger charge is 2.17. The van der Waals surface area contributed by atoms with Crippen molar-refractivity contribution in [3.63, 3.8) is 0 Å². The number of nitrogen functional groups attached to an aromatic ring is 1. The molecule has 0 atom stereocenters. The van der Waals surface area contributed by atoms with Crippen molar-refractivity contribution in [3.8, 4) is 0 Å². The lowest BCUT2D eigenvalue weighted by molar-refractivity contribution is 0.247. The van der Waals surface area contributed by atoms with Crippen molar-refractivity contribution in [1.82, 2.24) is 9.88 Å². The highest BCUT2D eigenvalue weighted by Crippen LogP contribution is 2.25. The summed E-state index contributed by atoms with van der Waals surface area (Å²) in [5.74, 6) is 0. The molecule has 2 N–H and O–H groups in total. The average Bonchev–Trinajstić information content (AvgIpc) is 2.75. The summed E-state index contributed by atoms with van der Waals surface area (Å²) in [5, 5.41) is 0.659. The predicted octanol–water partition coefficient (Wildman–Crippen LogP) is 3.05. The highest BCUT2D eigenvalue weighted by molar-refractivity contribution is 9.10. The summed E-state index contributed by atoms with van der Waals surface area (Å²) < 4.78 is 1.17. The maximum absolute atomic E-state index is 5.66. The Bertz CT molecular complexity index is 567. The number of nitrogens with zero attached hydrogens (tertiary/aromatic N) is 2. The molecule has 5 heteroatoms. The third-order valence-corrected chi connectivity index (χ3v) is 4.52. The van der Waals surface area contributed by atoms with E-state index in [1.54, 1.807) is 11.3 Å². The van der Waals surface area contributed by atoms with E-state index in [1.165, 1.54) is 20.5 Å². The minimum absolute atomic E-state index is 0.659. The van der Waals surface area contributed by atoms with E-state index in [-0.39, 0.29) is 0 Å². The van der Waals surface area contributed by atoms with Crippen LogP contribution in [0.25, 0.3) is 0 Å². The van der Waals surface area contributed by atoms with Gasteiger partial charge in [-0.15, -0.1) is 11.3 Å². The Hall–Kier alpha value is -0.910. The lowest BCUT2D eigenvalue weighted by atomic mass is 10.00. The van der Waals surface area contributed by atoms with Gasteiger partial charge in [-0.25, -0.2) is 4.98 Å². The summed E-state index contributed by atoms with van der Waals surface area (Å²) in [5.41, 5.74) is 8.56. The molecule has 0 unspecified atom stereocenters. The number of rotatable bonds is 2. The van der Waals surface area contributed by atoms with Crippen molar-refractivity contribution in [1.29, 1.82) is 0 Å². The van der Waals surface area contributed by atoms with E-state index >= 15 is 0 Å². The first-order valence-corrected chi connectivity index (χ1v) is 7.51. The average molecular weight is 324 g/mol. The van der Waals surface area contributed by atoms with Crippen LogP contribution in [0.5, 0.6) is 0 Å². The second-order valence-electron chi connectivity index (χ2n) is 4.54. The molecule has 0 saturated carbocycles. The molecule has 1 aliphatic rings. The van der Waals surface area contributed by atoms with E-state index in [9.17, 15) is 0 Å². The van der Waals surface area contributed by atoms with Crippen LogP contribution in [0.15, 0.2) is 28.9 Å². The van der Waals surface area contributed by atoms with Crippen molar-refractivity contribution in [2.45, 2.75) is 19.5 Å². The van der Waals surface area contributed by atoms with Crippen molar-refractivity contribution in [2.24, 2.45) is 0 Å². The van der Waals surface area contributed by atoms with Gasteiger partial charge in [-0.05, 0) is 29.7 Å². The van der Waals surface area contributed by atoms with Crippen LogP contribution in [-0.2, 0) is 19.5 Å². The van der Waals surface area contributed by atoms with Gasteiger partial charge < -0.3 is 5.73 Å². The molecule has 3 rings (SSSR count). The van der Waals surface area contributed by atoms with Crippen molar-refractivity contribution < 1.29 is 0 Å². The second kappa shape index (κ2) is 4.99. The minimum atomic E-state index is 0.659. The van der Waals surface area contributed by atoms with Crippen molar-refractivity contribution >= 4 is 32.4 Å². The maximum atomic E-state index is 5.66. The van der Waals surface area contributed by atoms with Crippen molar-refractivity contribution in [3.05, 3.63) is 44.9 Å². The number of thiazole rings is 1. The van der Waals surface area contributed by atoms with Gasteiger partial charge in [-0.2, -0.15) is 0 Å². The van der Waals surface area contributed by atoms with Crippen LogP contribution in [0.4, 0.5) is 5.13 Å². The Labute approximate surface area is 119 Å². The molecule has 1 aromatic heterocycles. The fourth-order valence-corrected chi connectivity index (χ4v) is 3.47. The lowest BCUT2D eigenvalue weighted by Gasteiger charge is -2.28. The van der Waals surface area contributed by atoms with Crippen LogP contribution in [0.3, 0.4) is 0 Å². The number of anilines is 1. The number of halogens is 1. The lowest BCUT2D eigenvalue weighted by Crippen LogP contribution is -2.29. The molecule has 0 amide bonds. The molecule has 0 aliphatic carbocycles. The molecular weight excluding hydrogens is 310 g/mol. The summed E-state index contributed by atoms with van der Waals surface area (Å²) in [6.45, 7) is 3.06. The Morgan fingerprint density at radius 2 is 2.28 bits per heavy atom. The molecule has 1 aliphatic heterocycles. The summed E-state index contributed by atoms with van der Waals surface area (Å²) in [7, 11) is 0. The van der Waals surface area contributed by atoms with Gasteiger partial charge in [-0.3, -0.25) is 4.90 Å². The zero-order valence-corrected chi connectivity index (χ0v) is 12.3. The number of benzene rings is 1. The number of nitrogens with two attached hydrogens (primary N) is 1. The standard InChI is InChI=1S/C13H14BrN3S/c14-11-2-1-10-7-17(4-3-9(10)5-11)8-12-6-16-13(15)18-12/h1-2,5-6H,3-4,7-8H2,(H2,15,16). The number of fused-ring (bicyclic) bond motifs is 1. The van der Waals surface area contributed by atoms with Crippen LogP contribution >= 0.6 is 27.3 Å². The van der Waals surface area contributed by atoms with Crippen LogP contribution in [0, 0.1) is 0 Å². The summed E-state index contributed by atoms with van der Waals surface area (Å²) >= 11 is 5.11. The fraction of sp³-hybridized carbons (Fsp3) is 0.308. The number of aromatic nitrogens is 1. The Balaban J connectivity index is 1.73. The first kappa shape index (κ1) is 12.1. The summed E-state index contributed by atoms with van der Waals surface area (Å²) in [6.07, 6.45) is 3.00. The Morgan fingerprint density at radius 1 is 1.39 bits per heavy atom. The predicted molar refractivity (Wildman–Crippen MR) is 78.5 cm³/mol. The SMILES string of the molecule is Nc1ncc(CN2CCc3cc(Br)ccc3C2)s1. The van der Waals surface area contributed by atoms with Gasteiger partial charge in [0.1, 0.15) is 0 Å². The quantitative estimate of drug-likeness (QED) is 0.923. The van der Waals surface area contributed by atoms with E-state index in [4.69, 9.17) is 5.73 Å². The van der Waals surface area contributed by atoms with Gasteiger partial charge in [0.25, 0.3) is 0 Å². The van der Waals surface area contributed by atoms with E-state index in [2.05, 4.69) is 44.0 Å². The molecule has 0 bridgehead atoms. The molecule has 2 aromatic rings. The van der Waals surface area contributed by atoms with Gasteiger partial charge in [0.15, 0.2) is 5.13 Å². The van der Waals surface area contributed by atoms with Crippen LogP contribution in [0.1, 0.15) is 16.0 Å². The first-order chi connectivity index (χ1) is 8.70. The molecule has 0 spiro atoms. The molecule has 0 saturated heterocycles. The molecular formula is C13H14BrN3S. The van der Waals surface area contributed by atoms with Crippen LogP contribution in [0.2, 0.25) is 0 Å². The third kappa shape index (κ3) is 2.58. The molecule has 2 heterocycles. The largest absolute Gasteiger partial charge is 0.375 e. The van der Waals surface area contributed by atoms with E-state index < -0.39 is 0 Å². The van der Waals surface area contributed by atoms with E-state index in [1.807, 2.05) is 6.20 Å². The molecule has 1 aromatic carbocycles. The van der Waals surface area contributed by atoms with Gasteiger partial charge in [0.05, 0.1) is 0 Å². The first-order valence-electron chi connectivity index (χ1n) is 5.90. The third-order valence-electron chi connectivity index (χ3n) is 3.21. The molecule has 94 valence electrons. The van der Waals surface area contributed by atoms with Gasteiger partial charge in [0.2, 0.25) is 0 Å². The highest BCUT2D eigenvalue weighted by atomic mass is 79.9. The summed E-state index contributed by atoms with van der Waals surface area (Å²) in [6, 6.07) is 6.57. The van der Waals surface area contributed by atoms with Crippen LogP contribution in [-0.4, -0.2) is 16.4 Å². The van der Waals surface area contributed by atoms with E-state index in [0.29, 0.717) is 5.13 Å². The number of hydrogen-bond donors (Lipinski definition) is 1. The Kier molecular flexibility index (Phi) is 3.37. The summed E-state index contributed by atoms with van der Waals surface area (Å²) in [4.78, 5) is 7.79. The normalized spacial score (nSPS) is 15.6. The second-order valence-corrected chi connectivity index (χ2v) is 6.60. The van der Waals surface area contributed by atoms with Gasteiger partial charge in [0, 0.05) is 35.2 Å². The Morgan fingerprint density at radius 3 is 3.06 bits per heavy atom. The molecule has 18 heavy (non-hydrogen) atoms. The zero-order valence-electron chi connectivity index (χ0n) is 9.90. The molecule has 0 radical (unpaired) electrons. The van der Waals surface area contributed by atoms with Gasteiger partial charge in [-0.1, -0.05) is 22.0 Å². The number of hydrogen-bond acceptors (Lipinski definition) is 4. The maximum Gasteiger partial charge on any atom is 0.180 e. The zero-order chi connectivity index (χ0) is 12.5. The smallest absolute Gasteiger partial charge is 0.180 e. The van der Waals surface area contributed by atoms with Crippen molar-refractivity contribution in [2.75, 3.05) is 12.3 Å².